The van der Waals surface area contributed by atoms with Crippen molar-refractivity contribution in [2.24, 2.45) is 0 Å². The second kappa shape index (κ2) is 7.66. The van der Waals surface area contributed by atoms with Crippen molar-refractivity contribution in [2.45, 2.75) is 18.2 Å². The van der Waals surface area contributed by atoms with Crippen LogP contribution in [-0.2, 0) is 9.84 Å². The highest BCUT2D eigenvalue weighted by Crippen LogP contribution is 2.40. The number of ether oxygens (including phenoxy) is 1. The van der Waals surface area contributed by atoms with Gasteiger partial charge in [0.05, 0.1) is 16.9 Å². The number of hydrogen-bond acceptors (Lipinski definition) is 5. The van der Waals surface area contributed by atoms with Crippen LogP contribution in [0.15, 0.2) is 59.5 Å². The number of carbonyl (C=O) groups is 1. The Morgan fingerprint density at radius 2 is 1.59 bits per heavy atom. The predicted octanol–water partition coefficient (Wildman–Crippen LogP) is 5.09. The molecule has 6 heteroatoms. The fraction of sp³-hybridized carbons (Fsp3) is 0.190. The van der Waals surface area contributed by atoms with Crippen LogP contribution in [0.1, 0.15) is 23.0 Å². The van der Waals surface area contributed by atoms with Gasteiger partial charge in [-0.3, -0.25) is 4.79 Å². The Kier molecular flexibility index (Phi) is 5.48. The molecule has 0 fully saturated rings. The first-order valence-corrected chi connectivity index (χ1v) is 11.2. The summed E-state index contributed by atoms with van der Waals surface area (Å²) < 4.78 is 28.6. The molecule has 3 rings (SSSR count). The second-order valence-electron chi connectivity index (χ2n) is 6.16. The summed E-state index contributed by atoms with van der Waals surface area (Å²) in [5.74, 6) is 0.855. The molecule has 0 unspecified atom stereocenters. The lowest BCUT2D eigenvalue weighted by atomic mass is 10.0. The van der Waals surface area contributed by atoms with Crippen molar-refractivity contribution in [1.82, 2.24) is 0 Å². The molecule has 1 aromatic heterocycles. The summed E-state index contributed by atoms with van der Waals surface area (Å²) in [6.07, 6.45) is 1.63. The lowest BCUT2D eigenvalue weighted by molar-refractivity contribution is 0.0992. The SMILES string of the molecule is CCC(=O)c1cc(-c2ccc(S(C)(=O)=O)cc2)c(-c2ccc(OC)cc2)s1. The van der Waals surface area contributed by atoms with Crippen molar-refractivity contribution in [3.63, 3.8) is 0 Å². The van der Waals surface area contributed by atoms with Gasteiger partial charge >= 0.3 is 0 Å². The minimum atomic E-state index is -3.25. The lowest BCUT2D eigenvalue weighted by Gasteiger charge is -2.07. The van der Waals surface area contributed by atoms with Crippen molar-refractivity contribution in [1.29, 1.82) is 0 Å². The number of rotatable bonds is 6. The zero-order chi connectivity index (χ0) is 19.6. The summed E-state index contributed by atoms with van der Waals surface area (Å²) in [6, 6.07) is 16.3. The number of carbonyl (C=O) groups excluding carboxylic acids is 1. The summed E-state index contributed by atoms with van der Waals surface area (Å²) in [4.78, 5) is 14.2. The molecular formula is C21H20O4S2. The summed E-state index contributed by atoms with van der Waals surface area (Å²) in [6.45, 7) is 1.84. The number of sulfone groups is 1. The van der Waals surface area contributed by atoms with Gasteiger partial charge in [-0.15, -0.1) is 11.3 Å². The summed E-state index contributed by atoms with van der Waals surface area (Å²) in [5.41, 5.74) is 2.78. The van der Waals surface area contributed by atoms with Crippen LogP contribution >= 0.6 is 11.3 Å². The molecule has 0 amide bonds. The van der Waals surface area contributed by atoms with E-state index in [1.165, 1.54) is 17.6 Å². The Morgan fingerprint density at radius 3 is 2.11 bits per heavy atom. The van der Waals surface area contributed by atoms with Crippen molar-refractivity contribution in [3.8, 4) is 27.3 Å². The molecule has 0 aliphatic carbocycles. The molecule has 0 spiro atoms. The third-order valence-corrected chi connectivity index (χ3v) is 6.63. The van der Waals surface area contributed by atoms with Crippen LogP contribution < -0.4 is 4.74 Å². The van der Waals surface area contributed by atoms with E-state index >= 15 is 0 Å². The lowest BCUT2D eigenvalue weighted by Crippen LogP contribution is -1.96. The number of benzene rings is 2. The molecule has 1 heterocycles. The highest BCUT2D eigenvalue weighted by molar-refractivity contribution is 7.90. The van der Waals surface area contributed by atoms with E-state index in [1.54, 1.807) is 31.4 Å². The summed E-state index contributed by atoms with van der Waals surface area (Å²) in [7, 11) is -1.63. The fourth-order valence-electron chi connectivity index (χ4n) is 2.76. The van der Waals surface area contributed by atoms with E-state index in [0.717, 1.165) is 27.3 Å². The van der Waals surface area contributed by atoms with E-state index in [0.29, 0.717) is 11.3 Å². The zero-order valence-corrected chi connectivity index (χ0v) is 17.0. The highest BCUT2D eigenvalue weighted by atomic mass is 32.2. The van der Waals surface area contributed by atoms with Gasteiger partial charge in [0.25, 0.3) is 0 Å². The van der Waals surface area contributed by atoms with Crippen LogP contribution in [0.4, 0.5) is 0 Å². The van der Waals surface area contributed by atoms with Crippen LogP contribution in [0, 0.1) is 0 Å². The molecule has 140 valence electrons. The number of Topliss-reactive ketones (excluding diaryl/α,β-unsaturated/α-hetero) is 1. The Labute approximate surface area is 163 Å². The summed E-state index contributed by atoms with van der Waals surface area (Å²) in [5, 5.41) is 0. The van der Waals surface area contributed by atoms with Crippen LogP contribution in [-0.4, -0.2) is 27.6 Å². The van der Waals surface area contributed by atoms with Crippen molar-refractivity contribution in [2.75, 3.05) is 13.4 Å². The Bertz CT molecular complexity index is 1060. The van der Waals surface area contributed by atoms with Crippen molar-refractivity contribution in [3.05, 3.63) is 59.5 Å². The first-order chi connectivity index (χ1) is 12.8. The quantitative estimate of drug-likeness (QED) is 0.541. The van der Waals surface area contributed by atoms with E-state index in [1.807, 2.05) is 37.3 Å². The van der Waals surface area contributed by atoms with Gasteiger partial charge in [-0.05, 0) is 53.6 Å². The standard InChI is InChI=1S/C21H20O4S2/c1-4-19(22)20-13-18(14-7-11-17(12-8-14)27(3,23)24)21(26-20)15-5-9-16(25-2)10-6-15/h5-13H,4H2,1-3H3. The van der Waals surface area contributed by atoms with Crippen LogP contribution in [0.25, 0.3) is 21.6 Å². The number of thiophene rings is 1. The molecule has 3 aromatic rings. The molecule has 0 N–H and O–H groups in total. The Morgan fingerprint density at radius 1 is 1.00 bits per heavy atom. The first-order valence-electron chi connectivity index (χ1n) is 8.45. The minimum absolute atomic E-state index is 0.0915. The zero-order valence-electron chi connectivity index (χ0n) is 15.4. The maximum Gasteiger partial charge on any atom is 0.175 e. The normalized spacial score (nSPS) is 11.4. The maximum atomic E-state index is 12.2. The van der Waals surface area contributed by atoms with Crippen molar-refractivity contribution >= 4 is 27.0 Å². The van der Waals surface area contributed by atoms with E-state index in [-0.39, 0.29) is 10.7 Å². The van der Waals surface area contributed by atoms with Crippen molar-refractivity contribution < 1.29 is 17.9 Å². The average molecular weight is 401 g/mol. The van der Waals surface area contributed by atoms with Gasteiger partial charge in [0.2, 0.25) is 0 Å². The van der Waals surface area contributed by atoms with E-state index in [2.05, 4.69) is 0 Å². The van der Waals surface area contributed by atoms with Crippen LogP contribution in [0.3, 0.4) is 0 Å². The molecule has 0 saturated carbocycles. The topological polar surface area (TPSA) is 60.4 Å². The van der Waals surface area contributed by atoms with Crippen LogP contribution in [0.2, 0.25) is 0 Å². The highest BCUT2D eigenvalue weighted by Gasteiger charge is 2.17. The molecule has 0 radical (unpaired) electrons. The average Bonchev–Trinajstić information content (AvgIpc) is 3.12. The summed E-state index contributed by atoms with van der Waals surface area (Å²) >= 11 is 1.45. The largest absolute Gasteiger partial charge is 0.497 e. The molecule has 0 saturated heterocycles. The molecule has 0 aliphatic heterocycles. The third-order valence-electron chi connectivity index (χ3n) is 4.27. The van der Waals surface area contributed by atoms with Gasteiger partial charge in [-0.2, -0.15) is 0 Å². The molecular weight excluding hydrogens is 380 g/mol. The fourth-order valence-corrected chi connectivity index (χ4v) is 4.58. The van der Waals surface area contributed by atoms with Crippen LogP contribution in [0.5, 0.6) is 5.75 Å². The number of methoxy groups -OCH3 is 1. The van der Waals surface area contributed by atoms with E-state index < -0.39 is 9.84 Å². The van der Waals surface area contributed by atoms with Gasteiger partial charge in [0, 0.05) is 23.1 Å². The van der Waals surface area contributed by atoms with Gasteiger partial charge < -0.3 is 4.74 Å². The third kappa shape index (κ3) is 4.12. The smallest absolute Gasteiger partial charge is 0.175 e. The van der Waals surface area contributed by atoms with Gasteiger partial charge in [-0.1, -0.05) is 19.1 Å². The molecule has 0 bridgehead atoms. The molecule has 2 aromatic carbocycles. The molecule has 0 atom stereocenters. The molecule has 27 heavy (non-hydrogen) atoms. The second-order valence-corrected chi connectivity index (χ2v) is 9.22. The van der Waals surface area contributed by atoms with E-state index in [4.69, 9.17) is 4.74 Å². The molecule has 0 aliphatic rings. The monoisotopic (exact) mass is 400 g/mol. The number of ketones is 1. The molecule has 4 nitrogen and oxygen atoms in total. The predicted molar refractivity (Wildman–Crippen MR) is 109 cm³/mol. The van der Waals surface area contributed by atoms with Gasteiger partial charge in [0.1, 0.15) is 5.75 Å². The Hall–Kier alpha value is -2.44. The van der Waals surface area contributed by atoms with Gasteiger partial charge in [-0.25, -0.2) is 8.42 Å². The van der Waals surface area contributed by atoms with Gasteiger partial charge in [0.15, 0.2) is 15.6 Å². The maximum absolute atomic E-state index is 12.2. The number of hydrogen-bond donors (Lipinski definition) is 0. The Balaban J connectivity index is 2.12. The van der Waals surface area contributed by atoms with E-state index in [9.17, 15) is 13.2 Å². The first kappa shape index (κ1) is 19.3. The minimum Gasteiger partial charge on any atom is -0.497 e.